The normalized spacial score (nSPS) is 15.7. The molecule has 5 heteroatoms. The Morgan fingerprint density at radius 1 is 1.39 bits per heavy atom. The van der Waals surface area contributed by atoms with Crippen molar-refractivity contribution in [3.8, 4) is 0 Å². The van der Waals surface area contributed by atoms with E-state index in [0.29, 0.717) is 12.6 Å². The van der Waals surface area contributed by atoms with Crippen LogP contribution in [0.3, 0.4) is 0 Å². The maximum absolute atomic E-state index is 13.3. The van der Waals surface area contributed by atoms with E-state index < -0.39 is 0 Å². The lowest BCUT2D eigenvalue weighted by Crippen LogP contribution is -2.41. The third-order valence-corrected chi connectivity index (χ3v) is 4.95. The van der Waals surface area contributed by atoms with Crippen LogP contribution in [-0.2, 0) is 11.3 Å². The molecule has 0 unspecified atom stereocenters. The summed E-state index contributed by atoms with van der Waals surface area (Å²) in [5, 5.41) is 0. The molecule has 1 aliphatic rings. The molecule has 1 aromatic heterocycles. The van der Waals surface area contributed by atoms with Crippen LogP contribution in [0, 0.1) is 6.92 Å². The van der Waals surface area contributed by atoms with Crippen molar-refractivity contribution in [2.24, 2.45) is 0 Å². The largest absolute Gasteiger partial charge is 0.333 e. The van der Waals surface area contributed by atoms with Crippen LogP contribution in [0.25, 0.3) is 0 Å². The number of amides is 1. The van der Waals surface area contributed by atoms with E-state index in [2.05, 4.69) is 24.0 Å². The van der Waals surface area contributed by atoms with Gasteiger partial charge in [-0.05, 0) is 39.4 Å². The first-order valence-electron chi connectivity index (χ1n) is 7.97. The fourth-order valence-electron chi connectivity index (χ4n) is 2.92. The van der Waals surface area contributed by atoms with E-state index in [-0.39, 0.29) is 11.9 Å². The summed E-state index contributed by atoms with van der Waals surface area (Å²) in [7, 11) is 3.95. The molecule has 1 fully saturated rings. The number of benzene rings is 1. The fraction of sp³-hybridized carbons (Fsp3) is 0.444. The van der Waals surface area contributed by atoms with Gasteiger partial charge in [-0.3, -0.25) is 14.7 Å². The molecule has 0 spiro atoms. The van der Waals surface area contributed by atoms with Crippen molar-refractivity contribution in [3.05, 3.63) is 52.0 Å². The lowest BCUT2D eigenvalue weighted by molar-refractivity contribution is -0.137. The number of likely N-dealkylation sites (N-methyl/N-ethyl adjacent to an activating group) is 1. The highest BCUT2D eigenvalue weighted by atomic mass is 32.1. The Morgan fingerprint density at radius 3 is 2.74 bits per heavy atom. The van der Waals surface area contributed by atoms with Crippen LogP contribution >= 0.6 is 11.3 Å². The molecule has 23 heavy (non-hydrogen) atoms. The zero-order valence-electron chi connectivity index (χ0n) is 13.9. The number of carbonyl (C=O) groups is 1. The number of aryl methyl sites for hydroxylation is 1. The zero-order valence-corrected chi connectivity index (χ0v) is 14.7. The Morgan fingerprint density at radius 2 is 2.17 bits per heavy atom. The molecule has 0 radical (unpaired) electrons. The summed E-state index contributed by atoms with van der Waals surface area (Å²) in [6, 6.07) is 8.41. The van der Waals surface area contributed by atoms with Crippen LogP contribution in [0.15, 0.2) is 36.0 Å². The summed E-state index contributed by atoms with van der Waals surface area (Å²) in [6.45, 7) is 2.74. The van der Waals surface area contributed by atoms with Crippen molar-refractivity contribution in [3.63, 3.8) is 0 Å². The second kappa shape index (κ2) is 6.81. The monoisotopic (exact) mass is 329 g/mol. The molecule has 3 rings (SSSR count). The molecule has 1 saturated carbocycles. The third-order valence-electron chi connectivity index (χ3n) is 4.19. The van der Waals surface area contributed by atoms with Crippen LogP contribution in [0.1, 0.15) is 34.9 Å². The maximum atomic E-state index is 13.3. The molecule has 1 aromatic carbocycles. The second-order valence-electron chi connectivity index (χ2n) is 6.45. The number of nitrogens with zero attached hydrogens (tertiary/aromatic N) is 3. The van der Waals surface area contributed by atoms with Crippen molar-refractivity contribution >= 4 is 17.2 Å². The first-order valence-corrected chi connectivity index (χ1v) is 8.85. The highest BCUT2D eigenvalue weighted by Gasteiger charge is 2.37. The molecule has 1 amide bonds. The van der Waals surface area contributed by atoms with E-state index in [1.54, 1.807) is 11.3 Å². The highest BCUT2D eigenvalue weighted by Crippen LogP contribution is 2.33. The molecular formula is C18H23N3OS. The molecule has 0 saturated heterocycles. The molecule has 0 bridgehead atoms. The van der Waals surface area contributed by atoms with Gasteiger partial charge in [-0.15, -0.1) is 11.3 Å². The van der Waals surface area contributed by atoms with Crippen molar-refractivity contribution in [1.29, 1.82) is 0 Å². The Kier molecular flexibility index (Phi) is 4.78. The fourth-order valence-corrected chi connectivity index (χ4v) is 3.51. The standard InChI is InChI=1S/C18H23N3OS/c1-13-5-4-6-14(9-13)17(20(2)3)18(22)21(15-7-8-15)11-16-10-19-12-23-16/h4-6,9-10,12,15,17H,7-8,11H2,1-3H3/t17-/m1/s1. The Balaban J connectivity index is 1.86. The van der Waals surface area contributed by atoms with Gasteiger partial charge in [0.2, 0.25) is 5.91 Å². The van der Waals surface area contributed by atoms with Crippen LogP contribution in [0.4, 0.5) is 0 Å². The Hall–Kier alpha value is -1.72. The van der Waals surface area contributed by atoms with Gasteiger partial charge in [0.15, 0.2) is 0 Å². The van der Waals surface area contributed by atoms with Crippen LogP contribution in [0.2, 0.25) is 0 Å². The lowest BCUT2D eigenvalue weighted by atomic mass is 10.0. The Labute approximate surface area is 141 Å². The van der Waals surface area contributed by atoms with E-state index in [1.165, 1.54) is 5.56 Å². The minimum Gasteiger partial charge on any atom is -0.333 e. The number of rotatable bonds is 6. The first-order chi connectivity index (χ1) is 11.1. The van der Waals surface area contributed by atoms with Crippen molar-refractivity contribution in [2.45, 2.75) is 38.4 Å². The molecule has 2 aromatic rings. The van der Waals surface area contributed by atoms with Gasteiger partial charge >= 0.3 is 0 Å². The predicted octanol–water partition coefficient (Wildman–Crippen LogP) is 3.25. The van der Waals surface area contributed by atoms with E-state index in [4.69, 9.17) is 0 Å². The number of hydrogen-bond acceptors (Lipinski definition) is 4. The summed E-state index contributed by atoms with van der Waals surface area (Å²) in [6.07, 6.45) is 4.08. The summed E-state index contributed by atoms with van der Waals surface area (Å²) in [5.41, 5.74) is 4.08. The molecule has 0 aliphatic heterocycles. The molecule has 4 nitrogen and oxygen atoms in total. The average molecular weight is 329 g/mol. The molecule has 1 atom stereocenters. The smallest absolute Gasteiger partial charge is 0.245 e. The molecule has 122 valence electrons. The third kappa shape index (κ3) is 3.79. The van der Waals surface area contributed by atoms with Crippen LogP contribution in [0.5, 0.6) is 0 Å². The minimum absolute atomic E-state index is 0.191. The topological polar surface area (TPSA) is 36.4 Å². The average Bonchev–Trinajstić information content (AvgIpc) is 3.21. The van der Waals surface area contributed by atoms with Crippen molar-refractivity contribution in [1.82, 2.24) is 14.8 Å². The number of carbonyl (C=O) groups excluding carboxylic acids is 1. The van der Waals surface area contributed by atoms with Gasteiger partial charge in [0.1, 0.15) is 6.04 Å². The quantitative estimate of drug-likeness (QED) is 0.816. The van der Waals surface area contributed by atoms with E-state index in [1.807, 2.05) is 47.7 Å². The van der Waals surface area contributed by atoms with Gasteiger partial charge in [0.25, 0.3) is 0 Å². The molecule has 0 N–H and O–H groups in total. The first kappa shape index (κ1) is 16.1. The summed E-state index contributed by atoms with van der Waals surface area (Å²) in [4.78, 5) is 22.6. The SMILES string of the molecule is Cc1cccc([C@H](C(=O)N(Cc2cncs2)C2CC2)N(C)C)c1. The molecule has 1 aliphatic carbocycles. The number of thiazole rings is 1. The summed E-state index contributed by atoms with van der Waals surface area (Å²) in [5.74, 6) is 0.191. The van der Waals surface area contributed by atoms with Gasteiger partial charge in [0.05, 0.1) is 12.1 Å². The van der Waals surface area contributed by atoms with Crippen molar-refractivity contribution < 1.29 is 4.79 Å². The van der Waals surface area contributed by atoms with Gasteiger partial charge in [-0.1, -0.05) is 29.8 Å². The Bertz CT molecular complexity index is 665. The van der Waals surface area contributed by atoms with Gasteiger partial charge in [-0.25, -0.2) is 0 Å². The number of hydrogen-bond donors (Lipinski definition) is 0. The van der Waals surface area contributed by atoms with E-state index in [0.717, 1.165) is 23.3 Å². The van der Waals surface area contributed by atoms with Gasteiger partial charge in [0, 0.05) is 17.1 Å². The molecule has 1 heterocycles. The molecular weight excluding hydrogens is 306 g/mol. The van der Waals surface area contributed by atoms with Crippen LogP contribution < -0.4 is 0 Å². The summed E-state index contributed by atoms with van der Waals surface area (Å²) >= 11 is 1.61. The zero-order chi connectivity index (χ0) is 16.4. The summed E-state index contributed by atoms with van der Waals surface area (Å²) < 4.78 is 0. The van der Waals surface area contributed by atoms with Crippen molar-refractivity contribution in [2.75, 3.05) is 14.1 Å². The van der Waals surface area contributed by atoms with E-state index in [9.17, 15) is 4.79 Å². The second-order valence-corrected chi connectivity index (χ2v) is 7.42. The maximum Gasteiger partial charge on any atom is 0.245 e. The predicted molar refractivity (Wildman–Crippen MR) is 93.3 cm³/mol. The number of aromatic nitrogens is 1. The van der Waals surface area contributed by atoms with Gasteiger partial charge in [-0.2, -0.15) is 0 Å². The van der Waals surface area contributed by atoms with E-state index >= 15 is 0 Å². The van der Waals surface area contributed by atoms with Gasteiger partial charge < -0.3 is 4.90 Å². The lowest BCUT2D eigenvalue weighted by Gasteiger charge is -2.31. The van der Waals surface area contributed by atoms with Crippen LogP contribution in [-0.4, -0.2) is 40.8 Å². The highest BCUT2D eigenvalue weighted by molar-refractivity contribution is 7.09. The minimum atomic E-state index is -0.233.